The number of aromatic nitrogens is 1. The molecule has 1 aliphatic heterocycles. The van der Waals surface area contributed by atoms with E-state index in [9.17, 15) is 14.7 Å². The maximum absolute atomic E-state index is 13.1. The van der Waals surface area contributed by atoms with Crippen molar-refractivity contribution in [3.63, 3.8) is 0 Å². The van der Waals surface area contributed by atoms with E-state index in [1.807, 2.05) is 38.1 Å². The van der Waals surface area contributed by atoms with Gasteiger partial charge < -0.3 is 14.7 Å². The van der Waals surface area contributed by atoms with Crippen LogP contribution in [0.15, 0.2) is 54.7 Å². The first-order chi connectivity index (χ1) is 13.8. The Kier molecular flexibility index (Phi) is 4.42. The predicted molar refractivity (Wildman–Crippen MR) is 111 cm³/mol. The van der Waals surface area contributed by atoms with Gasteiger partial charge in [0, 0.05) is 29.1 Å². The summed E-state index contributed by atoms with van der Waals surface area (Å²) in [6.45, 7) is 4.49. The number of hydrogen-bond donors (Lipinski definition) is 1. The number of carboxylic acid groups (broad SMARTS) is 1. The van der Waals surface area contributed by atoms with E-state index in [2.05, 4.69) is 0 Å². The Bertz CT molecular complexity index is 1140. The van der Waals surface area contributed by atoms with Gasteiger partial charge >= 0.3 is 6.09 Å². The number of carbonyl (C=O) groups excluding carboxylic acids is 1. The lowest BCUT2D eigenvalue weighted by Crippen LogP contribution is -2.36. The van der Waals surface area contributed by atoms with Crippen LogP contribution in [0.3, 0.4) is 0 Å². The highest BCUT2D eigenvalue weighted by Gasteiger charge is 2.35. The van der Waals surface area contributed by atoms with E-state index >= 15 is 0 Å². The van der Waals surface area contributed by atoms with Gasteiger partial charge in [0.25, 0.3) is 5.91 Å². The zero-order chi connectivity index (χ0) is 20.8. The Labute approximate surface area is 168 Å². The van der Waals surface area contributed by atoms with Gasteiger partial charge in [-0.25, -0.2) is 9.36 Å². The number of para-hydroxylation sites is 1. The third-order valence-electron chi connectivity index (χ3n) is 5.36. The summed E-state index contributed by atoms with van der Waals surface area (Å²) in [5.41, 5.74) is 2.26. The minimum Gasteiger partial charge on any atom is -0.497 e. The molecule has 1 aliphatic rings. The van der Waals surface area contributed by atoms with Crippen LogP contribution >= 0.6 is 0 Å². The smallest absolute Gasteiger partial charge is 0.416 e. The van der Waals surface area contributed by atoms with Crippen molar-refractivity contribution in [1.82, 2.24) is 9.47 Å². The van der Waals surface area contributed by atoms with Gasteiger partial charge in [-0.2, -0.15) is 0 Å². The molecule has 0 spiro atoms. The van der Waals surface area contributed by atoms with E-state index in [1.165, 1.54) is 4.57 Å². The average molecular weight is 390 g/mol. The van der Waals surface area contributed by atoms with Crippen LogP contribution in [0.5, 0.6) is 5.75 Å². The van der Waals surface area contributed by atoms with Crippen LogP contribution < -0.4 is 4.74 Å². The molecule has 29 heavy (non-hydrogen) atoms. The molecule has 0 saturated carbocycles. The van der Waals surface area contributed by atoms with Gasteiger partial charge in [0.2, 0.25) is 0 Å². The second-order valence-corrected chi connectivity index (χ2v) is 7.76. The summed E-state index contributed by atoms with van der Waals surface area (Å²) >= 11 is 0. The molecule has 6 nitrogen and oxygen atoms in total. The quantitative estimate of drug-likeness (QED) is 0.695. The molecule has 0 fully saturated rings. The topological polar surface area (TPSA) is 71.8 Å². The number of carbonyl (C=O) groups is 2. The lowest BCUT2D eigenvalue weighted by atomic mass is 9.82. The first kappa shape index (κ1) is 18.8. The van der Waals surface area contributed by atoms with Crippen LogP contribution in [0, 0.1) is 0 Å². The molecule has 0 unspecified atom stereocenters. The van der Waals surface area contributed by atoms with Crippen molar-refractivity contribution in [2.24, 2.45) is 0 Å². The molecule has 4 rings (SSSR count). The van der Waals surface area contributed by atoms with E-state index in [4.69, 9.17) is 4.74 Å². The number of fused-ring (bicyclic) bond motifs is 3. The summed E-state index contributed by atoms with van der Waals surface area (Å²) in [6, 6.07) is 14.4. The molecule has 0 aliphatic carbocycles. The zero-order valence-corrected chi connectivity index (χ0v) is 16.5. The number of methoxy groups -OCH3 is 1. The molecule has 1 amide bonds. The molecule has 0 atom stereocenters. The molecule has 2 heterocycles. The number of hydrogen-bond acceptors (Lipinski definition) is 3. The Morgan fingerprint density at radius 3 is 2.41 bits per heavy atom. The summed E-state index contributed by atoms with van der Waals surface area (Å²) < 4.78 is 6.45. The molecular weight excluding hydrogens is 368 g/mol. The molecule has 0 bridgehead atoms. The fourth-order valence-corrected chi connectivity index (χ4v) is 4.09. The fraction of sp³-hybridized carbons (Fsp3) is 0.217. The average Bonchev–Trinajstić information content (AvgIpc) is 2.98. The summed E-state index contributed by atoms with van der Waals surface area (Å²) in [4.78, 5) is 26.8. The fourth-order valence-electron chi connectivity index (χ4n) is 4.09. The molecular formula is C23H22N2O4. The largest absolute Gasteiger partial charge is 0.497 e. The number of rotatable bonds is 2. The number of nitrogens with zero attached hydrogens (tertiary/aromatic N) is 2. The first-order valence-corrected chi connectivity index (χ1v) is 9.34. The molecule has 1 aromatic heterocycles. The molecule has 0 radical (unpaired) electrons. The third kappa shape index (κ3) is 3.06. The molecule has 2 aromatic carbocycles. The van der Waals surface area contributed by atoms with Crippen molar-refractivity contribution in [3.05, 3.63) is 71.6 Å². The first-order valence-electron chi connectivity index (χ1n) is 9.34. The highest BCUT2D eigenvalue weighted by Crippen LogP contribution is 2.39. The Morgan fingerprint density at radius 1 is 1.07 bits per heavy atom. The number of ether oxygens (including phenoxy) is 1. The Morgan fingerprint density at radius 2 is 1.76 bits per heavy atom. The van der Waals surface area contributed by atoms with Gasteiger partial charge in [-0.15, -0.1) is 0 Å². The minimum atomic E-state index is -1.04. The highest BCUT2D eigenvalue weighted by atomic mass is 16.5. The van der Waals surface area contributed by atoms with E-state index < -0.39 is 11.5 Å². The van der Waals surface area contributed by atoms with E-state index in [0.29, 0.717) is 29.1 Å². The Balaban J connectivity index is 1.81. The SMILES string of the molecule is COc1ccc(C(=O)N2C=Cc3c(c4ccccc4n3C(=O)O)C(C)(C)C2)cc1. The van der Waals surface area contributed by atoms with Crippen LogP contribution in [0.25, 0.3) is 17.0 Å². The Hall–Kier alpha value is -3.54. The predicted octanol–water partition coefficient (Wildman–Crippen LogP) is 4.58. The minimum absolute atomic E-state index is 0.145. The van der Waals surface area contributed by atoms with Crippen molar-refractivity contribution >= 4 is 29.0 Å². The number of benzene rings is 2. The summed E-state index contributed by atoms with van der Waals surface area (Å²) in [5, 5.41) is 10.7. The van der Waals surface area contributed by atoms with Gasteiger partial charge in [-0.05, 0) is 42.0 Å². The van der Waals surface area contributed by atoms with Crippen molar-refractivity contribution in [1.29, 1.82) is 0 Å². The maximum Gasteiger partial charge on any atom is 0.416 e. The third-order valence-corrected chi connectivity index (χ3v) is 5.36. The zero-order valence-electron chi connectivity index (χ0n) is 16.5. The van der Waals surface area contributed by atoms with Crippen LogP contribution in [0.2, 0.25) is 0 Å². The van der Waals surface area contributed by atoms with Crippen molar-refractivity contribution in [2.75, 3.05) is 13.7 Å². The summed E-state index contributed by atoms with van der Waals surface area (Å²) in [5.74, 6) is 0.538. The second kappa shape index (κ2) is 6.81. The summed E-state index contributed by atoms with van der Waals surface area (Å²) in [7, 11) is 1.58. The van der Waals surface area contributed by atoms with Crippen LogP contribution in [-0.2, 0) is 5.41 Å². The molecule has 6 heteroatoms. The second-order valence-electron chi connectivity index (χ2n) is 7.76. The van der Waals surface area contributed by atoms with Crippen molar-refractivity contribution in [2.45, 2.75) is 19.3 Å². The van der Waals surface area contributed by atoms with E-state index in [1.54, 1.807) is 48.6 Å². The van der Waals surface area contributed by atoms with Gasteiger partial charge in [-0.1, -0.05) is 32.0 Å². The van der Waals surface area contributed by atoms with Crippen LogP contribution in [0.1, 0.15) is 35.5 Å². The standard InChI is InChI=1S/C23H22N2O4/c1-23(2)14-24(21(26)15-8-10-16(29-3)11-9-15)13-12-19-20(23)17-6-4-5-7-18(17)25(19)22(27)28/h4-13H,14H2,1-3H3,(H,27,28). The molecule has 0 saturated heterocycles. The lowest BCUT2D eigenvalue weighted by Gasteiger charge is -2.29. The molecule has 1 N–H and O–H groups in total. The summed E-state index contributed by atoms with van der Waals surface area (Å²) in [6.07, 6.45) is 2.36. The normalized spacial score (nSPS) is 15.1. The van der Waals surface area contributed by atoms with Gasteiger partial charge in [0.1, 0.15) is 5.75 Å². The van der Waals surface area contributed by atoms with Gasteiger partial charge in [0.05, 0.1) is 18.3 Å². The van der Waals surface area contributed by atoms with Crippen LogP contribution in [-0.4, -0.2) is 40.2 Å². The monoisotopic (exact) mass is 390 g/mol. The van der Waals surface area contributed by atoms with Crippen LogP contribution in [0.4, 0.5) is 4.79 Å². The maximum atomic E-state index is 13.1. The number of amides is 1. The van der Waals surface area contributed by atoms with E-state index in [0.717, 1.165) is 10.9 Å². The molecule has 3 aromatic rings. The van der Waals surface area contributed by atoms with Gasteiger partial charge in [-0.3, -0.25) is 4.79 Å². The van der Waals surface area contributed by atoms with Crippen molar-refractivity contribution in [3.8, 4) is 5.75 Å². The van der Waals surface area contributed by atoms with E-state index in [-0.39, 0.29) is 5.91 Å². The molecule has 148 valence electrons. The lowest BCUT2D eigenvalue weighted by molar-refractivity contribution is 0.0801. The van der Waals surface area contributed by atoms with Gasteiger partial charge in [0.15, 0.2) is 0 Å². The highest BCUT2D eigenvalue weighted by molar-refractivity contribution is 5.99. The van der Waals surface area contributed by atoms with Crippen molar-refractivity contribution < 1.29 is 19.4 Å².